The Kier molecular flexibility index (Phi) is 7.39. The monoisotopic (exact) mass is 521 g/mol. The Hall–Kier alpha value is -3.34. The van der Waals surface area contributed by atoms with Crippen molar-refractivity contribution in [2.24, 2.45) is 0 Å². The summed E-state index contributed by atoms with van der Waals surface area (Å²) in [6, 6.07) is 10.5. The minimum atomic E-state index is -4.52. The molecule has 0 aliphatic carbocycles. The fourth-order valence-electron chi connectivity index (χ4n) is 4.35. The molecule has 0 bridgehead atoms. The van der Waals surface area contributed by atoms with Crippen LogP contribution < -0.4 is 5.32 Å². The highest BCUT2D eigenvalue weighted by atomic mass is 32.2. The van der Waals surface area contributed by atoms with Crippen LogP contribution in [0.2, 0.25) is 0 Å². The summed E-state index contributed by atoms with van der Waals surface area (Å²) in [5.74, 6) is -1.88. The van der Waals surface area contributed by atoms with E-state index in [0.29, 0.717) is 24.0 Å². The van der Waals surface area contributed by atoms with Gasteiger partial charge in [0.2, 0.25) is 11.8 Å². The molecule has 1 fully saturated rings. The lowest BCUT2D eigenvalue weighted by molar-refractivity contribution is -0.137. The number of anilines is 1. The summed E-state index contributed by atoms with van der Waals surface area (Å²) in [5, 5.41) is 2.72. The van der Waals surface area contributed by atoms with Crippen LogP contribution in [-0.2, 0) is 32.1 Å². The zero-order chi connectivity index (χ0) is 25.9. The molecular formula is C25H26F3N3O4S. The van der Waals surface area contributed by atoms with Crippen molar-refractivity contribution in [3.63, 3.8) is 0 Å². The first-order valence-electron chi connectivity index (χ1n) is 11.6. The zero-order valence-corrected chi connectivity index (χ0v) is 20.2. The number of benzene rings is 2. The summed E-state index contributed by atoms with van der Waals surface area (Å²) in [5.41, 5.74) is -0.272. The molecule has 7 nitrogen and oxygen atoms in total. The molecule has 0 atom stereocenters. The van der Waals surface area contributed by atoms with Crippen LogP contribution >= 0.6 is 0 Å². The van der Waals surface area contributed by atoms with Crippen molar-refractivity contribution in [1.29, 1.82) is 0 Å². The van der Waals surface area contributed by atoms with Gasteiger partial charge in [0, 0.05) is 35.9 Å². The highest BCUT2D eigenvalue weighted by Gasteiger charge is 2.30. The topological polar surface area (TPSA) is 88.5 Å². The van der Waals surface area contributed by atoms with Crippen LogP contribution in [0, 0.1) is 0 Å². The van der Waals surface area contributed by atoms with Crippen molar-refractivity contribution in [2.45, 2.75) is 43.3 Å². The predicted molar refractivity (Wildman–Crippen MR) is 129 cm³/mol. The molecule has 2 heterocycles. The van der Waals surface area contributed by atoms with Gasteiger partial charge in [-0.3, -0.25) is 9.59 Å². The van der Waals surface area contributed by atoms with Crippen molar-refractivity contribution in [1.82, 2.24) is 9.47 Å². The zero-order valence-electron chi connectivity index (χ0n) is 19.4. The molecule has 3 aromatic rings. The van der Waals surface area contributed by atoms with Gasteiger partial charge in [0.15, 0.2) is 9.84 Å². The second-order valence-electron chi connectivity index (χ2n) is 8.82. The summed E-state index contributed by atoms with van der Waals surface area (Å²) in [6.07, 6.45) is 0.883. The van der Waals surface area contributed by atoms with Gasteiger partial charge in [-0.05, 0) is 43.2 Å². The average molecular weight is 522 g/mol. The molecule has 1 saturated heterocycles. The van der Waals surface area contributed by atoms with Crippen molar-refractivity contribution in [3.05, 3.63) is 60.3 Å². The number of fused-ring (bicyclic) bond motifs is 1. The number of hydrogen-bond donors (Lipinski definition) is 1. The van der Waals surface area contributed by atoms with E-state index in [0.717, 1.165) is 49.9 Å². The Morgan fingerprint density at radius 3 is 2.19 bits per heavy atom. The van der Waals surface area contributed by atoms with Crippen LogP contribution in [0.25, 0.3) is 10.9 Å². The summed E-state index contributed by atoms with van der Waals surface area (Å²) in [4.78, 5) is 27.1. The fraction of sp³-hybridized carbons (Fsp3) is 0.360. The highest BCUT2D eigenvalue weighted by Crippen LogP contribution is 2.30. The number of halogens is 3. The molecule has 1 aliphatic heterocycles. The number of carbonyl (C=O) groups is 2. The van der Waals surface area contributed by atoms with Gasteiger partial charge < -0.3 is 14.8 Å². The van der Waals surface area contributed by atoms with Gasteiger partial charge in [-0.1, -0.05) is 31.0 Å². The minimum Gasteiger partial charge on any atom is -0.341 e. The fourth-order valence-corrected chi connectivity index (χ4v) is 5.72. The molecule has 4 rings (SSSR count). The van der Waals surface area contributed by atoms with E-state index < -0.39 is 33.2 Å². The largest absolute Gasteiger partial charge is 0.416 e. The first-order valence-corrected chi connectivity index (χ1v) is 13.3. The maximum atomic E-state index is 13.2. The van der Waals surface area contributed by atoms with Gasteiger partial charge in [-0.15, -0.1) is 0 Å². The number of hydrogen-bond acceptors (Lipinski definition) is 4. The standard InChI is InChI=1S/C25H26F3N3O4S/c26-25(27,28)18-9-11-19(12-10-18)29-23(32)17-36(34,35)22-15-31(21-8-4-3-7-20(21)22)16-24(33)30-13-5-1-2-6-14-30/h3-4,7-12,15H,1-2,5-6,13-14,16-17H2,(H,29,32). The summed E-state index contributed by atoms with van der Waals surface area (Å²) in [6.45, 7) is 1.33. The number of rotatable bonds is 6. The first kappa shape index (κ1) is 25.7. The van der Waals surface area contributed by atoms with E-state index in [1.807, 2.05) is 0 Å². The number of sulfone groups is 1. The number of nitrogens with one attached hydrogen (secondary N) is 1. The van der Waals surface area contributed by atoms with Crippen LogP contribution in [0.3, 0.4) is 0 Å². The Balaban J connectivity index is 1.52. The van der Waals surface area contributed by atoms with Crippen LogP contribution in [0.5, 0.6) is 0 Å². The van der Waals surface area contributed by atoms with Crippen molar-refractivity contribution < 1.29 is 31.2 Å². The molecule has 0 radical (unpaired) electrons. The smallest absolute Gasteiger partial charge is 0.341 e. The van der Waals surface area contributed by atoms with Gasteiger partial charge in [0.25, 0.3) is 0 Å². The maximum absolute atomic E-state index is 13.2. The molecule has 11 heteroatoms. The molecule has 0 unspecified atom stereocenters. The maximum Gasteiger partial charge on any atom is 0.416 e. The van der Waals surface area contributed by atoms with Crippen molar-refractivity contribution in [3.8, 4) is 0 Å². The predicted octanol–water partition coefficient (Wildman–Crippen LogP) is 4.48. The number of carbonyl (C=O) groups excluding carboxylic acids is 2. The van der Waals surface area contributed by atoms with Crippen LogP contribution in [0.15, 0.2) is 59.6 Å². The molecule has 36 heavy (non-hydrogen) atoms. The second kappa shape index (κ2) is 10.3. The van der Waals surface area contributed by atoms with Gasteiger partial charge >= 0.3 is 6.18 Å². The van der Waals surface area contributed by atoms with Crippen LogP contribution in [0.4, 0.5) is 18.9 Å². The number of alkyl halides is 3. The minimum absolute atomic E-state index is 0.0201. The molecule has 0 spiro atoms. The molecule has 2 amide bonds. The van der Waals surface area contributed by atoms with Gasteiger partial charge in [0.05, 0.1) is 10.5 Å². The van der Waals surface area contributed by atoms with E-state index in [1.54, 1.807) is 33.7 Å². The highest BCUT2D eigenvalue weighted by molar-refractivity contribution is 7.92. The van der Waals surface area contributed by atoms with Crippen LogP contribution in [0.1, 0.15) is 31.2 Å². The van der Waals surface area contributed by atoms with Gasteiger partial charge in [-0.25, -0.2) is 8.42 Å². The Bertz CT molecular complexity index is 1360. The van der Waals surface area contributed by atoms with E-state index >= 15 is 0 Å². The third-order valence-corrected chi connectivity index (χ3v) is 7.81. The number of para-hydroxylation sites is 1. The lowest BCUT2D eigenvalue weighted by Crippen LogP contribution is -2.34. The average Bonchev–Trinajstić information content (AvgIpc) is 2.99. The molecule has 1 aromatic heterocycles. The molecule has 0 saturated carbocycles. The van der Waals surface area contributed by atoms with Gasteiger partial charge in [0.1, 0.15) is 12.3 Å². The van der Waals surface area contributed by atoms with Crippen LogP contribution in [-0.4, -0.2) is 48.5 Å². The van der Waals surface area contributed by atoms with E-state index in [2.05, 4.69) is 5.32 Å². The summed E-state index contributed by atoms with van der Waals surface area (Å²) >= 11 is 0. The molecule has 192 valence electrons. The third-order valence-electron chi connectivity index (χ3n) is 6.17. The first-order chi connectivity index (χ1) is 17.0. The Labute approximate surface area is 206 Å². The number of amides is 2. The Morgan fingerprint density at radius 1 is 0.917 bits per heavy atom. The van der Waals surface area contributed by atoms with Gasteiger partial charge in [-0.2, -0.15) is 13.2 Å². The lowest BCUT2D eigenvalue weighted by Gasteiger charge is -2.20. The number of likely N-dealkylation sites (tertiary alicyclic amines) is 1. The normalized spacial score (nSPS) is 15.0. The van der Waals surface area contributed by atoms with E-state index in [-0.39, 0.29) is 23.0 Å². The molecule has 2 aromatic carbocycles. The van der Waals surface area contributed by atoms with Crippen molar-refractivity contribution >= 4 is 38.2 Å². The molecular weight excluding hydrogens is 495 g/mol. The third kappa shape index (κ3) is 5.89. The molecule has 1 aliphatic rings. The van der Waals surface area contributed by atoms with E-state index in [1.165, 1.54) is 6.20 Å². The number of aromatic nitrogens is 1. The number of nitrogens with zero attached hydrogens (tertiary/aromatic N) is 2. The van der Waals surface area contributed by atoms with E-state index in [4.69, 9.17) is 0 Å². The molecule has 1 N–H and O–H groups in total. The summed E-state index contributed by atoms with van der Waals surface area (Å²) < 4.78 is 66.1. The second-order valence-corrected chi connectivity index (χ2v) is 10.8. The SMILES string of the molecule is O=C(CS(=O)(=O)c1cn(CC(=O)N2CCCCCC2)c2ccccc12)Nc1ccc(C(F)(F)F)cc1. The Morgan fingerprint density at radius 2 is 1.56 bits per heavy atom. The summed E-state index contributed by atoms with van der Waals surface area (Å²) in [7, 11) is -4.12. The van der Waals surface area contributed by atoms with E-state index in [9.17, 15) is 31.2 Å². The quantitative estimate of drug-likeness (QED) is 0.518. The lowest BCUT2D eigenvalue weighted by atomic mass is 10.2. The van der Waals surface area contributed by atoms with Crippen molar-refractivity contribution in [2.75, 3.05) is 24.2 Å².